The van der Waals surface area contributed by atoms with E-state index in [1.165, 1.54) is 12.8 Å². The minimum absolute atomic E-state index is 0.356. The van der Waals surface area contributed by atoms with Crippen molar-refractivity contribution in [2.24, 2.45) is 5.73 Å². The van der Waals surface area contributed by atoms with E-state index in [2.05, 4.69) is 22.0 Å². The molecule has 2 atom stereocenters. The fourth-order valence-corrected chi connectivity index (χ4v) is 3.63. The van der Waals surface area contributed by atoms with Crippen LogP contribution in [-0.4, -0.2) is 28.1 Å². The third-order valence-electron chi connectivity index (χ3n) is 4.48. The largest absolute Gasteiger partial charge is 0.335 e. The highest BCUT2D eigenvalue weighted by Gasteiger charge is 2.40. The Morgan fingerprint density at radius 1 is 1.11 bits per heavy atom. The third-order valence-corrected chi connectivity index (χ3v) is 4.48. The molecule has 2 aliphatic rings. The highest BCUT2D eigenvalue weighted by atomic mass is 15.3. The molecule has 2 aromatic rings. The van der Waals surface area contributed by atoms with Crippen molar-refractivity contribution < 1.29 is 0 Å². The molecule has 0 spiro atoms. The summed E-state index contributed by atoms with van der Waals surface area (Å²) in [6.45, 7) is 0. The summed E-state index contributed by atoms with van der Waals surface area (Å²) in [4.78, 5) is 11.7. The maximum atomic E-state index is 6.12. The van der Waals surface area contributed by atoms with Gasteiger partial charge in [0.25, 0.3) is 0 Å². The van der Waals surface area contributed by atoms with Crippen LogP contribution in [0, 0.1) is 0 Å². The standard InChI is InChI=1S/C15H18N4/c16-11-7-12-5-6-13(8-11)19(12)15-17-9-10-3-1-2-4-14(10)18-15/h1-4,9,11-13H,5-8,16H2. The number of benzene rings is 1. The van der Waals surface area contributed by atoms with Crippen molar-refractivity contribution in [3.63, 3.8) is 0 Å². The molecule has 2 N–H and O–H groups in total. The molecule has 4 nitrogen and oxygen atoms in total. The van der Waals surface area contributed by atoms with Crippen LogP contribution in [0.4, 0.5) is 5.95 Å². The Morgan fingerprint density at radius 2 is 1.84 bits per heavy atom. The molecule has 2 bridgehead atoms. The number of nitrogens with two attached hydrogens (primary N) is 1. The number of rotatable bonds is 1. The van der Waals surface area contributed by atoms with Gasteiger partial charge in [-0.05, 0) is 31.7 Å². The summed E-state index contributed by atoms with van der Waals surface area (Å²) in [6, 6.07) is 9.59. The molecule has 4 rings (SSSR count). The van der Waals surface area contributed by atoms with Crippen LogP contribution >= 0.6 is 0 Å². The van der Waals surface area contributed by atoms with Gasteiger partial charge in [-0.15, -0.1) is 0 Å². The van der Waals surface area contributed by atoms with Crippen molar-refractivity contribution in [2.75, 3.05) is 4.90 Å². The fourth-order valence-electron chi connectivity index (χ4n) is 3.63. The Hall–Kier alpha value is -1.68. The first-order valence-corrected chi connectivity index (χ1v) is 7.07. The Balaban J connectivity index is 1.74. The number of piperidine rings is 1. The lowest BCUT2D eigenvalue weighted by molar-refractivity contribution is 0.409. The van der Waals surface area contributed by atoms with Crippen LogP contribution in [0.15, 0.2) is 30.5 Å². The topological polar surface area (TPSA) is 55.0 Å². The zero-order valence-corrected chi connectivity index (χ0v) is 10.9. The van der Waals surface area contributed by atoms with Crippen molar-refractivity contribution in [1.29, 1.82) is 0 Å². The van der Waals surface area contributed by atoms with Crippen LogP contribution in [0.2, 0.25) is 0 Å². The summed E-state index contributed by atoms with van der Waals surface area (Å²) in [5.74, 6) is 0.887. The zero-order valence-electron chi connectivity index (χ0n) is 10.9. The van der Waals surface area contributed by atoms with Crippen LogP contribution in [0.3, 0.4) is 0 Å². The molecular weight excluding hydrogens is 236 g/mol. The Bertz CT molecular complexity index is 598. The van der Waals surface area contributed by atoms with Crippen LogP contribution in [0.25, 0.3) is 10.9 Å². The number of hydrogen-bond acceptors (Lipinski definition) is 4. The first-order valence-electron chi connectivity index (χ1n) is 7.07. The first-order chi connectivity index (χ1) is 9.31. The number of nitrogens with zero attached hydrogens (tertiary/aromatic N) is 3. The number of hydrogen-bond donors (Lipinski definition) is 1. The smallest absolute Gasteiger partial charge is 0.226 e. The van der Waals surface area contributed by atoms with Crippen molar-refractivity contribution in [1.82, 2.24) is 9.97 Å². The van der Waals surface area contributed by atoms with Crippen molar-refractivity contribution >= 4 is 16.9 Å². The highest BCUT2D eigenvalue weighted by molar-refractivity contribution is 5.78. The molecule has 1 aromatic carbocycles. The maximum absolute atomic E-state index is 6.12. The second-order valence-electron chi connectivity index (χ2n) is 5.75. The lowest BCUT2D eigenvalue weighted by Gasteiger charge is -2.37. The van der Waals surface area contributed by atoms with E-state index in [1.807, 2.05) is 18.3 Å². The molecule has 2 unspecified atom stereocenters. The lowest BCUT2D eigenvalue weighted by atomic mass is 9.99. The minimum Gasteiger partial charge on any atom is -0.335 e. The number of fused-ring (bicyclic) bond motifs is 3. The molecular formula is C15H18N4. The Kier molecular flexibility index (Phi) is 2.45. The molecule has 0 radical (unpaired) electrons. The van der Waals surface area contributed by atoms with Crippen molar-refractivity contribution in [3.8, 4) is 0 Å². The predicted octanol–water partition coefficient (Wildman–Crippen LogP) is 2.09. The lowest BCUT2D eigenvalue weighted by Crippen LogP contribution is -2.48. The van der Waals surface area contributed by atoms with Crippen LogP contribution in [-0.2, 0) is 0 Å². The van der Waals surface area contributed by atoms with E-state index in [0.29, 0.717) is 18.1 Å². The summed E-state index contributed by atoms with van der Waals surface area (Å²) in [6.07, 6.45) is 6.55. The molecule has 2 saturated heterocycles. The molecule has 4 heteroatoms. The van der Waals surface area contributed by atoms with E-state index >= 15 is 0 Å². The first kappa shape index (κ1) is 11.2. The molecule has 98 valence electrons. The van der Waals surface area contributed by atoms with Gasteiger partial charge in [-0.25, -0.2) is 9.97 Å². The van der Waals surface area contributed by atoms with E-state index in [4.69, 9.17) is 10.7 Å². The quantitative estimate of drug-likeness (QED) is 0.846. The summed E-state index contributed by atoms with van der Waals surface area (Å²) in [5, 5.41) is 1.10. The molecule has 0 saturated carbocycles. The number of para-hydroxylation sites is 1. The van der Waals surface area contributed by atoms with E-state index in [0.717, 1.165) is 29.7 Å². The van der Waals surface area contributed by atoms with Crippen LogP contribution in [0.1, 0.15) is 25.7 Å². The van der Waals surface area contributed by atoms with E-state index in [-0.39, 0.29) is 0 Å². The fraction of sp³-hybridized carbons (Fsp3) is 0.467. The van der Waals surface area contributed by atoms with Gasteiger partial charge in [-0.1, -0.05) is 18.2 Å². The molecule has 1 aromatic heterocycles. The van der Waals surface area contributed by atoms with Gasteiger partial charge in [0.15, 0.2) is 0 Å². The van der Waals surface area contributed by atoms with Gasteiger partial charge in [0, 0.05) is 29.7 Å². The molecule has 19 heavy (non-hydrogen) atoms. The van der Waals surface area contributed by atoms with Crippen molar-refractivity contribution in [2.45, 2.75) is 43.8 Å². The van der Waals surface area contributed by atoms with Gasteiger partial charge >= 0.3 is 0 Å². The van der Waals surface area contributed by atoms with Gasteiger partial charge in [0.2, 0.25) is 5.95 Å². The van der Waals surface area contributed by atoms with Crippen LogP contribution in [0.5, 0.6) is 0 Å². The summed E-state index contributed by atoms with van der Waals surface area (Å²) in [5.41, 5.74) is 7.15. The second-order valence-corrected chi connectivity index (χ2v) is 5.75. The molecule has 2 aliphatic heterocycles. The summed E-state index contributed by atoms with van der Waals surface area (Å²) >= 11 is 0. The van der Waals surface area contributed by atoms with E-state index < -0.39 is 0 Å². The van der Waals surface area contributed by atoms with Gasteiger partial charge < -0.3 is 10.6 Å². The Labute approximate surface area is 112 Å². The molecule has 0 amide bonds. The Morgan fingerprint density at radius 3 is 2.63 bits per heavy atom. The minimum atomic E-state index is 0.356. The average Bonchev–Trinajstić information content (AvgIpc) is 2.70. The normalized spacial score (nSPS) is 29.9. The van der Waals surface area contributed by atoms with Gasteiger partial charge in [0.1, 0.15) is 0 Å². The zero-order chi connectivity index (χ0) is 12.8. The molecule has 0 aliphatic carbocycles. The SMILES string of the molecule is NC1CC2CCC(C1)N2c1ncc2ccccc2n1. The van der Waals surface area contributed by atoms with Gasteiger partial charge in [0.05, 0.1) is 5.52 Å². The average molecular weight is 254 g/mol. The van der Waals surface area contributed by atoms with E-state index in [9.17, 15) is 0 Å². The maximum Gasteiger partial charge on any atom is 0.226 e. The number of anilines is 1. The monoisotopic (exact) mass is 254 g/mol. The third kappa shape index (κ3) is 1.78. The van der Waals surface area contributed by atoms with Gasteiger partial charge in [-0.3, -0.25) is 0 Å². The molecule has 2 fully saturated rings. The second kappa shape index (κ2) is 4.17. The summed E-state index contributed by atoms with van der Waals surface area (Å²) in [7, 11) is 0. The van der Waals surface area contributed by atoms with Gasteiger partial charge in [-0.2, -0.15) is 0 Å². The highest BCUT2D eigenvalue weighted by Crippen LogP contribution is 2.37. The number of aromatic nitrogens is 2. The van der Waals surface area contributed by atoms with Crippen molar-refractivity contribution in [3.05, 3.63) is 30.5 Å². The summed E-state index contributed by atoms with van der Waals surface area (Å²) < 4.78 is 0. The molecule has 3 heterocycles. The predicted molar refractivity (Wildman–Crippen MR) is 76.0 cm³/mol. The van der Waals surface area contributed by atoms with Crippen LogP contribution < -0.4 is 10.6 Å². The van der Waals surface area contributed by atoms with E-state index in [1.54, 1.807) is 0 Å².